The summed E-state index contributed by atoms with van der Waals surface area (Å²) in [6.45, 7) is 6.45. The Balaban J connectivity index is 1.37. The van der Waals surface area contributed by atoms with E-state index in [4.69, 9.17) is 16.3 Å². The molecule has 0 bridgehead atoms. The van der Waals surface area contributed by atoms with E-state index in [1.165, 1.54) is 12.5 Å². The number of nitrogens with one attached hydrogen (secondary N) is 1. The lowest BCUT2D eigenvalue weighted by Gasteiger charge is -2.35. The second kappa shape index (κ2) is 11.0. The predicted octanol–water partition coefficient (Wildman–Crippen LogP) is 4.23. The predicted molar refractivity (Wildman–Crippen MR) is 130 cm³/mol. The van der Waals surface area contributed by atoms with Gasteiger partial charge in [0.1, 0.15) is 0 Å². The Morgan fingerprint density at radius 2 is 1.76 bits per heavy atom. The van der Waals surface area contributed by atoms with Crippen LogP contribution in [0, 0.1) is 5.92 Å². The molecule has 176 valence electrons. The van der Waals surface area contributed by atoms with Crippen molar-refractivity contribution in [2.75, 3.05) is 56.2 Å². The maximum Gasteiger partial charge on any atom is 0.337 e. The van der Waals surface area contributed by atoms with Gasteiger partial charge >= 0.3 is 5.97 Å². The second-order valence-electron chi connectivity index (χ2n) is 8.64. The first-order valence-corrected chi connectivity index (χ1v) is 11.9. The van der Waals surface area contributed by atoms with Crippen LogP contribution in [0.4, 0.5) is 11.4 Å². The number of amides is 1. The fraction of sp³-hybridized carbons (Fsp3) is 0.440. The molecule has 0 saturated carbocycles. The Labute approximate surface area is 199 Å². The number of hydrogen-bond donors (Lipinski definition) is 2. The summed E-state index contributed by atoms with van der Waals surface area (Å²) < 4.78 is 5.42. The molecule has 0 aliphatic carbocycles. The van der Waals surface area contributed by atoms with Crippen LogP contribution >= 0.6 is 11.6 Å². The molecular formula is C25H30ClN3O4. The first-order chi connectivity index (χ1) is 16.0. The molecule has 2 fully saturated rings. The highest BCUT2D eigenvalue weighted by molar-refractivity contribution is 6.34. The Bertz CT molecular complexity index is 985. The molecule has 2 saturated heterocycles. The van der Waals surface area contributed by atoms with Gasteiger partial charge in [-0.25, -0.2) is 4.79 Å². The molecule has 0 aromatic heterocycles. The molecule has 7 nitrogen and oxygen atoms in total. The van der Waals surface area contributed by atoms with Gasteiger partial charge in [-0.15, -0.1) is 0 Å². The minimum Gasteiger partial charge on any atom is -0.478 e. The highest BCUT2D eigenvalue weighted by atomic mass is 35.5. The third-order valence-corrected chi connectivity index (χ3v) is 6.85. The first kappa shape index (κ1) is 23.5. The molecule has 0 spiro atoms. The van der Waals surface area contributed by atoms with Gasteiger partial charge in [-0.2, -0.15) is 0 Å². The topological polar surface area (TPSA) is 82.1 Å². The van der Waals surface area contributed by atoms with Crippen molar-refractivity contribution in [3.8, 4) is 0 Å². The molecule has 2 aromatic carbocycles. The van der Waals surface area contributed by atoms with Crippen molar-refractivity contribution in [3.63, 3.8) is 0 Å². The summed E-state index contributed by atoms with van der Waals surface area (Å²) in [5.41, 5.74) is 1.67. The number of hydrogen-bond acceptors (Lipinski definition) is 5. The lowest BCUT2D eigenvalue weighted by molar-refractivity contribution is 0.0349. The van der Waals surface area contributed by atoms with Gasteiger partial charge in [0.2, 0.25) is 0 Å². The van der Waals surface area contributed by atoms with Gasteiger partial charge in [0.15, 0.2) is 0 Å². The number of carboxylic acids is 1. The van der Waals surface area contributed by atoms with Crippen molar-refractivity contribution in [1.82, 2.24) is 4.90 Å². The molecule has 4 rings (SSSR count). The molecule has 0 atom stereocenters. The molecule has 2 aromatic rings. The van der Waals surface area contributed by atoms with Crippen molar-refractivity contribution in [3.05, 3.63) is 58.6 Å². The SMILES string of the molecule is O=C(Nc1ccc(N2CCC(CCN3CCOCC3)CC2)c(C(=O)O)c1)c1ccccc1Cl. The van der Waals surface area contributed by atoms with Crippen molar-refractivity contribution in [2.24, 2.45) is 5.92 Å². The normalized spacial score (nSPS) is 17.7. The Morgan fingerprint density at radius 3 is 2.45 bits per heavy atom. The molecule has 2 aliphatic heterocycles. The van der Waals surface area contributed by atoms with Crippen molar-refractivity contribution < 1.29 is 19.4 Å². The number of carbonyl (C=O) groups excluding carboxylic acids is 1. The van der Waals surface area contributed by atoms with E-state index in [1.807, 2.05) is 0 Å². The Morgan fingerprint density at radius 1 is 1.03 bits per heavy atom. The largest absolute Gasteiger partial charge is 0.478 e. The minimum absolute atomic E-state index is 0.193. The monoisotopic (exact) mass is 471 g/mol. The standard InChI is InChI=1S/C25H30ClN3O4/c26-22-4-2-1-3-20(22)24(30)27-19-5-6-23(21(17-19)25(31)32)29-11-8-18(9-12-29)7-10-28-13-15-33-16-14-28/h1-6,17-18H,7-16H2,(H,27,30)(H,31,32). The summed E-state index contributed by atoms with van der Waals surface area (Å²) in [5, 5.41) is 12.9. The molecule has 2 heterocycles. The maximum atomic E-state index is 12.6. The maximum absolute atomic E-state index is 12.6. The number of aromatic carboxylic acids is 1. The zero-order chi connectivity index (χ0) is 23.2. The van der Waals surface area contributed by atoms with Gasteiger partial charge in [-0.3, -0.25) is 9.69 Å². The fourth-order valence-corrected chi connectivity index (χ4v) is 4.78. The van der Waals surface area contributed by atoms with E-state index >= 15 is 0 Å². The highest BCUT2D eigenvalue weighted by Crippen LogP contribution is 2.30. The van der Waals surface area contributed by atoms with Gasteiger partial charge in [0.05, 0.1) is 35.1 Å². The quantitative estimate of drug-likeness (QED) is 0.629. The number of anilines is 2. The second-order valence-corrected chi connectivity index (χ2v) is 9.05. The van der Waals surface area contributed by atoms with E-state index in [9.17, 15) is 14.7 Å². The Hall–Kier alpha value is -2.61. The number of carboxylic acid groups (broad SMARTS) is 1. The number of piperidine rings is 1. The molecular weight excluding hydrogens is 442 g/mol. The van der Waals surface area contributed by atoms with Gasteiger partial charge in [0, 0.05) is 31.9 Å². The summed E-state index contributed by atoms with van der Waals surface area (Å²) in [4.78, 5) is 29.2. The highest BCUT2D eigenvalue weighted by Gasteiger charge is 2.24. The average molecular weight is 472 g/mol. The zero-order valence-corrected chi connectivity index (χ0v) is 19.4. The van der Waals surface area contributed by atoms with Crippen LogP contribution in [0.15, 0.2) is 42.5 Å². The summed E-state index contributed by atoms with van der Waals surface area (Å²) in [6.07, 6.45) is 3.27. The molecule has 2 N–H and O–H groups in total. The van der Waals surface area contributed by atoms with E-state index in [1.54, 1.807) is 36.4 Å². The number of morpholine rings is 1. The van der Waals surface area contributed by atoms with Crippen LogP contribution in [0.1, 0.15) is 40.0 Å². The van der Waals surface area contributed by atoms with Gasteiger partial charge in [-0.1, -0.05) is 23.7 Å². The summed E-state index contributed by atoms with van der Waals surface area (Å²) >= 11 is 6.10. The Kier molecular flexibility index (Phi) is 7.85. The summed E-state index contributed by atoms with van der Waals surface area (Å²) in [5.74, 6) is -0.717. The average Bonchev–Trinajstić information content (AvgIpc) is 2.84. The van der Waals surface area contributed by atoms with Crippen LogP contribution in [0.2, 0.25) is 5.02 Å². The van der Waals surface area contributed by atoms with E-state index in [2.05, 4.69) is 15.1 Å². The van der Waals surface area contributed by atoms with E-state index < -0.39 is 5.97 Å². The van der Waals surface area contributed by atoms with Crippen molar-refractivity contribution in [2.45, 2.75) is 19.3 Å². The lowest BCUT2D eigenvalue weighted by Crippen LogP contribution is -2.39. The van der Waals surface area contributed by atoms with Crippen molar-refractivity contribution in [1.29, 1.82) is 0 Å². The third-order valence-electron chi connectivity index (χ3n) is 6.52. The number of nitrogens with zero attached hydrogens (tertiary/aromatic N) is 2. The lowest BCUT2D eigenvalue weighted by atomic mass is 9.92. The minimum atomic E-state index is -1.01. The number of halogens is 1. The number of carbonyl (C=O) groups is 2. The van der Waals surface area contributed by atoms with Gasteiger partial charge in [-0.05, 0) is 62.1 Å². The molecule has 0 unspecified atom stereocenters. The molecule has 33 heavy (non-hydrogen) atoms. The van der Waals surface area contributed by atoms with Crippen LogP contribution in [0.5, 0.6) is 0 Å². The molecule has 0 radical (unpaired) electrons. The molecule has 8 heteroatoms. The van der Waals surface area contributed by atoms with E-state index in [-0.39, 0.29) is 11.5 Å². The fourth-order valence-electron chi connectivity index (χ4n) is 4.56. The van der Waals surface area contributed by atoms with Crippen molar-refractivity contribution >= 4 is 34.9 Å². The third kappa shape index (κ3) is 6.05. The van der Waals surface area contributed by atoms with Crippen LogP contribution in [-0.2, 0) is 4.74 Å². The van der Waals surface area contributed by atoms with Crippen LogP contribution < -0.4 is 10.2 Å². The zero-order valence-electron chi connectivity index (χ0n) is 18.6. The summed E-state index contributed by atoms with van der Waals surface area (Å²) in [7, 11) is 0. The van der Waals surface area contributed by atoms with Crippen LogP contribution in [-0.4, -0.2) is 67.8 Å². The van der Waals surface area contributed by atoms with Crippen LogP contribution in [0.25, 0.3) is 0 Å². The van der Waals surface area contributed by atoms with E-state index in [0.717, 1.165) is 58.8 Å². The van der Waals surface area contributed by atoms with Crippen LogP contribution in [0.3, 0.4) is 0 Å². The number of rotatable bonds is 7. The molecule has 1 amide bonds. The van der Waals surface area contributed by atoms with Gasteiger partial charge < -0.3 is 20.1 Å². The summed E-state index contributed by atoms with van der Waals surface area (Å²) in [6, 6.07) is 11.8. The smallest absolute Gasteiger partial charge is 0.337 e. The molecule has 2 aliphatic rings. The van der Waals surface area contributed by atoms with E-state index in [0.29, 0.717) is 27.9 Å². The van der Waals surface area contributed by atoms with Gasteiger partial charge in [0.25, 0.3) is 5.91 Å². The first-order valence-electron chi connectivity index (χ1n) is 11.5. The number of ether oxygens (including phenoxy) is 1. The number of benzene rings is 2.